The van der Waals surface area contributed by atoms with E-state index in [1.807, 2.05) is 24.3 Å². The van der Waals surface area contributed by atoms with E-state index in [1.165, 1.54) is 37.9 Å². The fourth-order valence-corrected chi connectivity index (χ4v) is 2.68. The molecule has 0 spiro atoms. The quantitative estimate of drug-likeness (QED) is 0.669. The van der Waals surface area contributed by atoms with E-state index in [9.17, 15) is 4.79 Å². The monoisotopic (exact) mass is 332 g/mol. The average Bonchev–Trinajstić information content (AvgIpc) is 2.59. The van der Waals surface area contributed by atoms with Crippen LogP contribution in [0.1, 0.15) is 31.2 Å². The molecule has 6 heteroatoms. The Kier molecular flexibility index (Phi) is 8.27. The second kappa shape index (κ2) is 10.8. The van der Waals surface area contributed by atoms with Gasteiger partial charge >= 0.3 is 0 Å². The van der Waals surface area contributed by atoms with Gasteiger partial charge in [0.25, 0.3) is 0 Å². The van der Waals surface area contributed by atoms with Crippen molar-refractivity contribution in [2.24, 2.45) is 5.73 Å². The third-order valence-electron chi connectivity index (χ3n) is 3.94. The molecular weight excluding hydrogens is 304 g/mol. The standard InChI is InChI=1S/C18H28N4O2/c19-8-6-17(23)20-9-2-5-13-24-18-14-16(7-10-21-18)15-22-11-3-1-4-12-22/h2,5,7,10,14H,1,3-4,6,8-9,11-13,15,19H2,(H,20,23)/b5-2-. The summed E-state index contributed by atoms with van der Waals surface area (Å²) in [4.78, 5) is 18.0. The summed E-state index contributed by atoms with van der Waals surface area (Å²) >= 11 is 0. The molecule has 0 saturated carbocycles. The third-order valence-corrected chi connectivity index (χ3v) is 3.94. The first-order valence-corrected chi connectivity index (χ1v) is 8.70. The number of rotatable bonds is 9. The minimum absolute atomic E-state index is 0.0323. The van der Waals surface area contributed by atoms with Crippen molar-refractivity contribution >= 4 is 5.91 Å². The lowest BCUT2D eigenvalue weighted by molar-refractivity contribution is -0.120. The molecule has 1 amide bonds. The molecule has 1 aliphatic heterocycles. The first-order chi connectivity index (χ1) is 11.8. The van der Waals surface area contributed by atoms with Crippen molar-refractivity contribution in [3.05, 3.63) is 36.0 Å². The van der Waals surface area contributed by atoms with Crippen molar-refractivity contribution in [2.75, 3.05) is 32.8 Å². The van der Waals surface area contributed by atoms with Crippen LogP contribution in [0.25, 0.3) is 0 Å². The molecule has 0 radical (unpaired) electrons. The van der Waals surface area contributed by atoms with Crippen LogP contribution in [0.15, 0.2) is 30.5 Å². The zero-order valence-electron chi connectivity index (χ0n) is 14.2. The van der Waals surface area contributed by atoms with Crippen molar-refractivity contribution in [3.8, 4) is 5.88 Å². The van der Waals surface area contributed by atoms with Gasteiger partial charge in [0.15, 0.2) is 0 Å². The van der Waals surface area contributed by atoms with Crippen LogP contribution in [0.4, 0.5) is 0 Å². The van der Waals surface area contributed by atoms with Crippen LogP contribution < -0.4 is 15.8 Å². The lowest BCUT2D eigenvalue weighted by atomic mass is 10.1. The highest BCUT2D eigenvalue weighted by atomic mass is 16.5. The number of ether oxygens (including phenoxy) is 1. The number of nitrogens with zero attached hydrogens (tertiary/aromatic N) is 2. The van der Waals surface area contributed by atoms with Gasteiger partial charge in [0, 0.05) is 38.3 Å². The summed E-state index contributed by atoms with van der Waals surface area (Å²) in [5, 5.41) is 2.75. The predicted octanol–water partition coefficient (Wildman–Crippen LogP) is 1.47. The first kappa shape index (κ1) is 18.4. The first-order valence-electron chi connectivity index (χ1n) is 8.70. The van der Waals surface area contributed by atoms with E-state index in [4.69, 9.17) is 10.5 Å². The van der Waals surface area contributed by atoms with E-state index < -0.39 is 0 Å². The fourth-order valence-electron chi connectivity index (χ4n) is 2.68. The molecule has 2 heterocycles. The maximum atomic E-state index is 11.2. The van der Waals surface area contributed by atoms with Gasteiger partial charge in [-0.25, -0.2) is 4.98 Å². The number of pyridine rings is 1. The molecule has 0 aromatic carbocycles. The van der Waals surface area contributed by atoms with Crippen LogP contribution in [0, 0.1) is 0 Å². The molecule has 1 fully saturated rings. The molecule has 1 aliphatic rings. The van der Waals surface area contributed by atoms with Crippen molar-refractivity contribution in [2.45, 2.75) is 32.2 Å². The van der Waals surface area contributed by atoms with Gasteiger partial charge in [-0.2, -0.15) is 0 Å². The number of carbonyl (C=O) groups excluding carboxylic acids is 1. The Bertz CT molecular complexity index is 528. The minimum atomic E-state index is -0.0323. The van der Waals surface area contributed by atoms with Crippen molar-refractivity contribution in [3.63, 3.8) is 0 Å². The largest absolute Gasteiger partial charge is 0.473 e. The van der Waals surface area contributed by atoms with Gasteiger partial charge in [0.2, 0.25) is 11.8 Å². The van der Waals surface area contributed by atoms with E-state index in [0.717, 1.165) is 6.54 Å². The summed E-state index contributed by atoms with van der Waals surface area (Å²) in [6.07, 6.45) is 9.83. The topological polar surface area (TPSA) is 80.5 Å². The molecule has 1 saturated heterocycles. The highest BCUT2D eigenvalue weighted by Gasteiger charge is 2.10. The Morgan fingerprint density at radius 1 is 1.33 bits per heavy atom. The smallest absolute Gasteiger partial charge is 0.221 e. The summed E-state index contributed by atoms with van der Waals surface area (Å²) in [6, 6.07) is 4.05. The summed E-state index contributed by atoms with van der Waals surface area (Å²) in [6.45, 7) is 4.62. The third kappa shape index (κ3) is 7.10. The number of aromatic nitrogens is 1. The maximum Gasteiger partial charge on any atom is 0.221 e. The number of hydrogen-bond acceptors (Lipinski definition) is 5. The number of hydrogen-bond donors (Lipinski definition) is 2. The number of likely N-dealkylation sites (tertiary alicyclic amines) is 1. The summed E-state index contributed by atoms with van der Waals surface area (Å²) < 4.78 is 5.64. The number of carbonyl (C=O) groups is 1. The molecule has 6 nitrogen and oxygen atoms in total. The lowest BCUT2D eigenvalue weighted by Gasteiger charge is -2.26. The molecule has 0 aliphatic carbocycles. The Morgan fingerprint density at radius 3 is 2.96 bits per heavy atom. The summed E-state index contributed by atoms with van der Waals surface area (Å²) in [5.41, 5.74) is 6.54. The van der Waals surface area contributed by atoms with Gasteiger partial charge in [0.1, 0.15) is 6.61 Å². The Labute approximate surface area is 144 Å². The molecule has 1 aromatic rings. The zero-order chi connectivity index (χ0) is 17.0. The van der Waals surface area contributed by atoms with Gasteiger partial charge in [-0.1, -0.05) is 12.5 Å². The van der Waals surface area contributed by atoms with E-state index in [2.05, 4.69) is 15.2 Å². The van der Waals surface area contributed by atoms with Crippen molar-refractivity contribution < 1.29 is 9.53 Å². The van der Waals surface area contributed by atoms with E-state index in [1.54, 1.807) is 6.20 Å². The van der Waals surface area contributed by atoms with E-state index in [-0.39, 0.29) is 5.91 Å². The molecular formula is C18H28N4O2. The van der Waals surface area contributed by atoms with Crippen molar-refractivity contribution in [1.29, 1.82) is 0 Å². The Hall–Kier alpha value is -1.92. The minimum Gasteiger partial charge on any atom is -0.473 e. The molecule has 0 bridgehead atoms. The van der Waals surface area contributed by atoms with Crippen LogP contribution in [0.5, 0.6) is 5.88 Å². The molecule has 24 heavy (non-hydrogen) atoms. The van der Waals surface area contributed by atoms with Gasteiger partial charge in [-0.15, -0.1) is 0 Å². The van der Waals surface area contributed by atoms with Gasteiger partial charge < -0.3 is 15.8 Å². The Balaban J connectivity index is 1.68. The molecule has 3 N–H and O–H groups in total. The van der Waals surface area contributed by atoms with Crippen LogP contribution >= 0.6 is 0 Å². The van der Waals surface area contributed by atoms with E-state index >= 15 is 0 Å². The number of piperidine rings is 1. The second-order valence-electron chi connectivity index (χ2n) is 5.96. The molecule has 0 unspecified atom stereocenters. The molecule has 1 aromatic heterocycles. The molecule has 0 atom stereocenters. The van der Waals surface area contributed by atoms with Crippen LogP contribution in [0.3, 0.4) is 0 Å². The maximum absolute atomic E-state index is 11.2. The average molecular weight is 332 g/mol. The molecule has 2 rings (SSSR count). The number of amides is 1. The van der Waals surface area contributed by atoms with Gasteiger partial charge in [-0.05, 0) is 43.6 Å². The highest BCUT2D eigenvalue weighted by molar-refractivity contribution is 5.76. The lowest BCUT2D eigenvalue weighted by Crippen LogP contribution is -2.29. The second-order valence-corrected chi connectivity index (χ2v) is 5.96. The zero-order valence-corrected chi connectivity index (χ0v) is 14.2. The SMILES string of the molecule is NCCC(=O)NC/C=C\COc1cc(CN2CCCCC2)ccn1. The Morgan fingerprint density at radius 2 is 2.17 bits per heavy atom. The number of nitrogens with two attached hydrogens (primary N) is 1. The van der Waals surface area contributed by atoms with E-state index in [0.29, 0.717) is 32.0 Å². The van der Waals surface area contributed by atoms with Crippen LogP contribution in [0.2, 0.25) is 0 Å². The normalized spacial score (nSPS) is 15.5. The fraction of sp³-hybridized carbons (Fsp3) is 0.556. The van der Waals surface area contributed by atoms with Gasteiger partial charge in [0.05, 0.1) is 0 Å². The predicted molar refractivity (Wildman–Crippen MR) is 94.7 cm³/mol. The number of nitrogens with one attached hydrogen (secondary N) is 1. The summed E-state index contributed by atoms with van der Waals surface area (Å²) in [5.74, 6) is 0.608. The highest BCUT2D eigenvalue weighted by Crippen LogP contribution is 2.15. The van der Waals surface area contributed by atoms with Crippen LogP contribution in [-0.4, -0.2) is 48.6 Å². The summed E-state index contributed by atoms with van der Waals surface area (Å²) in [7, 11) is 0. The van der Waals surface area contributed by atoms with Crippen LogP contribution in [-0.2, 0) is 11.3 Å². The van der Waals surface area contributed by atoms with Crippen molar-refractivity contribution in [1.82, 2.24) is 15.2 Å². The van der Waals surface area contributed by atoms with Gasteiger partial charge in [-0.3, -0.25) is 9.69 Å². The molecule has 132 valence electrons.